The second kappa shape index (κ2) is 8.74. The zero-order valence-electron chi connectivity index (χ0n) is 16.7. The summed E-state index contributed by atoms with van der Waals surface area (Å²) in [7, 11) is 0. The van der Waals surface area contributed by atoms with Crippen LogP contribution in [0.15, 0.2) is 35.1 Å². The first-order valence-electron chi connectivity index (χ1n) is 9.35. The van der Waals surface area contributed by atoms with E-state index < -0.39 is 29.2 Å². The number of carboxylic acids is 1. The maximum absolute atomic E-state index is 12.9. The van der Waals surface area contributed by atoms with Crippen LogP contribution in [0.4, 0.5) is 5.82 Å². The molecule has 0 aliphatic carbocycles. The van der Waals surface area contributed by atoms with Crippen molar-refractivity contribution in [1.82, 2.24) is 15.2 Å². The SMILES string of the molecule is CC(C)CON=C(C(=O)NC1C(=O)N2C=C(C(=O)O)C(C)S[C@H]12)c1cccc(N)n1. The fourth-order valence-electron chi connectivity index (χ4n) is 2.92. The van der Waals surface area contributed by atoms with E-state index in [-0.39, 0.29) is 34.0 Å². The van der Waals surface area contributed by atoms with Gasteiger partial charge < -0.3 is 25.9 Å². The van der Waals surface area contributed by atoms with Crippen LogP contribution in [0.5, 0.6) is 0 Å². The number of aliphatic carboxylic acids is 1. The minimum absolute atomic E-state index is 0.0928. The molecule has 2 aliphatic heterocycles. The lowest BCUT2D eigenvalue weighted by Gasteiger charge is -2.48. The fraction of sp³-hybridized carbons (Fsp3) is 0.421. The summed E-state index contributed by atoms with van der Waals surface area (Å²) in [6.45, 7) is 5.92. The third kappa shape index (κ3) is 4.40. The maximum Gasteiger partial charge on any atom is 0.334 e. The standard InChI is InChI=1S/C19H23N5O5S/c1-9(2)8-29-23-14(12-5-4-6-13(20)21-12)16(25)22-15-17(26)24-7-11(19(27)28)10(3)30-18(15)24/h4-7,9-10,15,18H,8H2,1-3H3,(H2,20,21)(H,22,25)(H,27,28)/t10?,15?,18-/m1/s1. The molecule has 0 radical (unpaired) electrons. The number of anilines is 1. The second-order valence-corrected chi connectivity index (χ2v) is 8.79. The van der Waals surface area contributed by atoms with Gasteiger partial charge in [0.1, 0.15) is 29.5 Å². The number of thioether (sulfide) groups is 1. The average Bonchev–Trinajstić information content (AvgIpc) is 2.68. The minimum Gasteiger partial charge on any atom is -0.478 e. The molecule has 2 aliphatic rings. The van der Waals surface area contributed by atoms with Crippen LogP contribution in [-0.2, 0) is 19.2 Å². The molecule has 2 amide bonds. The first kappa shape index (κ1) is 21.6. The number of pyridine rings is 1. The summed E-state index contributed by atoms with van der Waals surface area (Å²) < 4.78 is 0. The Morgan fingerprint density at radius 2 is 2.17 bits per heavy atom. The van der Waals surface area contributed by atoms with Gasteiger partial charge in [0.2, 0.25) is 0 Å². The van der Waals surface area contributed by atoms with Crippen molar-refractivity contribution < 1.29 is 24.3 Å². The monoisotopic (exact) mass is 433 g/mol. The summed E-state index contributed by atoms with van der Waals surface area (Å²) in [5.74, 6) is -1.68. The molecule has 3 rings (SSSR count). The van der Waals surface area contributed by atoms with Gasteiger partial charge in [-0.3, -0.25) is 9.59 Å². The average molecular weight is 433 g/mol. The van der Waals surface area contributed by atoms with Crippen molar-refractivity contribution in [2.75, 3.05) is 12.3 Å². The number of carbonyl (C=O) groups is 3. The van der Waals surface area contributed by atoms with Gasteiger partial charge in [0.05, 0.1) is 5.57 Å². The molecule has 160 valence electrons. The fourth-order valence-corrected chi connectivity index (χ4v) is 4.28. The van der Waals surface area contributed by atoms with Gasteiger partial charge >= 0.3 is 5.97 Å². The molecule has 4 N–H and O–H groups in total. The summed E-state index contributed by atoms with van der Waals surface area (Å²) in [5, 5.41) is 15.1. The molecule has 11 heteroatoms. The van der Waals surface area contributed by atoms with E-state index in [9.17, 15) is 19.5 Å². The lowest BCUT2D eigenvalue weighted by molar-refractivity contribution is -0.144. The van der Waals surface area contributed by atoms with Crippen LogP contribution in [0.3, 0.4) is 0 Å². The van der Waals surface area contributed by atoms with Crippen molar-refractivity contribution in [3.63, 3.8) is 0 Å². The Bertz CT molecular complexity index is 932. The van der Waals surface area contributed by atoms with E-state index in [1.54, 1.807) is 25.1 Å². The third-order valence-electron chi connectivity index (χ3n) is 4.47. The van der Waals surface area contributed by atoms with Gasteiger partial charge in [-0.2, -0.15) is 0 Å². The number of nitrogens with two attached hydrogens (primary N) is 1. The van der Waals surface area contributed by atoms with E-state index in [1.165, 1.54) is 22.9 Å². The molecule has 3 heterocycles. The maximum atomic E-state index is 12.9. The second-order valence-electron chi connectivity index (χ2n) is 7.33. The van der Waals surface area contributed by atoms with Crippen LogP contribution in [0.1, 0.15) is 26.5 Å². The molecule has 0 aromatic carbocycles. The van der Waals surface area contributed by atoms with Gasteiger partial charge in [-0.05, 0) is 25.0 Å². The van der Waals surface area contributed by atoms with Gasteiger partial charge in [0, 0.05) is 11.4 Å². The van der Waals surface area contributed by atoms with Crippen LogP contribution < -0.4 is 11.1 Å². The number of nitrogens with one attached hydrogen (secondary N) is 1. The Kier molecular flexibility index (Phi) is 6.30. The first-order chi connectivity index (χ1) is 14.2. The van der Waals surface area contributed by atoms with E-state index >= 15 is 0 Å². The Balaban J connectivity index is 1.78. The zero-order chi connectivity index (χ0) is 22.0. The van der Waals surface area contributed by atoms with Gasteiger partial charge in [0.25, 0.3) is 11.8 Å². The Morgan fingerprint density at radius 1 is 1.43 bits per heavy atom. The van der Waals surface area contributed by atoms with Gasteiger partial charge in [-0.25, -0.2) is 9.78 Å². The molecule has 0 saturated carbocycles. The van der Waals surface area contributed by atoms with Gasteiger partial charge in [0.15, 0.2) is 5.71 Å². The predicted molar refractivity (Wildman–Crippen MR) is 111 cm³/mol. The highest BCUT2D eigenvalue weighted by Gasteiger charge is 2.51. The smallest absolute Gasteiger partial charge is 0.334 e. The Morgan fingerprint density at radius 3 is 2.80 bits per heavy atom. The Hall–Kier alpha value is -3.08. The van der Waals surface area contributed by atoms with E-state index in [2.05, 4.69) is 15.5 Å². The van der Waals surface area contributed by atoms with Crippen LogP contribution in [0.2, 0.25) is 0 Å². The van der Waals surface area contributed by atoms with Crippen LogP contribution in [0, 0.1) is 5.92 Å². The van der Waals surface area contributed by atoms with Crippen LogP contribution >= 0.6 is 11.8 Å². The number of nitrogen functional groups attached to an aromatic ring is 1. The molecule has 1 fully saturated rings. The molecular weight excluding hydrogens is 410 g/mol. The third-order valence-corrected chi connectivity index (χ3v) is 5.91. The number of carbonyl (C=O) groups excluding carboxylic acids is 2. The van der Waals surface area contributed by atoms with Gasteiger partial charge in [-0.1, -0.05) is 25.1 Å². The Labute approximate surface area is 177 Å². The predicted octanol–water partition coefficient (Wildman–Crippen LogP) is 0.797. The van der Waals surface area contributed by atoms with E-state index in [1.807, 2.05) is 13.8 Å². The highest BCUT2D eigenvalue weighted by Crippen LogP contribution is 2.40. The number of nitrogens with zero attached hydrogens (tertiary/aromatic N) is 3. The van der Waals surface area contributed by atoms with E-state index in [0.717, 1.165) is 0 Å². The highest BCUT2D eigenvalue weighted by atomic mass is 32.2. The number of hydrogen-bond donors (Lipinski definition) is 3. The van der Waals surface area contributed by atoms with Crippen molar-refractivity contribution in [2.24, 2.45) is 11.1 Å². The van der Waals surface area contributed by atoms with Crippen molar-refractivity contribution in [3.05, 3.63) is 35.7 Å². The number of hydrogen-bond acceptors (Lipinski definition) is 8. The van der Waals surface area contributed by atoms with Crippen molar-refractivity contribution in [1.29, 1.82) is 0 Å². The van der Waals surface area contributed by atoms with E-state index in [0.29, 0.717) is 6.61 Å². The summed E-state index contributed by atoms with van der Waals surface area (Å²) in [5.41, 5.74) is 5.99. The normalized spacial score (nSPS) is 23.4. The summed E-state index contributed by atoms with van der Waals surface area (Å²) in [6, 6.07) is 3.97. The molecular formula is C19H23N5O5S. The molecule has 30 heavy (non-hydrogen) atoms. The molecule has 10 nitrogen and oxygen atoms in total. The molecule has 1 saturated heterocycles. The number of oxime groups is 1. The largest absolute Gasteiger partial charge is 0.478 e. The highest BCUT2D eigenvalue weighted by molar-refractivity contribution is 8.00. The quantitative estimate of drug-likeness (QED) is 0.325. The van der Waals surface area contributed by atoms with E-state index in [4.69, 9.17) is 10.6 Å². The topological polar surface area (TPSA) is 147 Å². The summed E-state index contributed by atoms with van der Waals surface area (Å²) >= 11 is 1.29. The number of fused-ring (bicyclic) bond motifs is 1. The van der Waals surface area contributed by atoms with Crippen LogP contribution in [0.25, 0.3) is 0 Å². The molecule has 0 bridgehead atoms. The number of β-lactam (4-membered cyclic amide) rings is 1. The number of aromatic nitrogens is 1. The number of rotatable bonds is 7. The molecule has 0 spiro atoms. The molecule has 3 atom stereocenters. The lowest BCUT2D eigenvalue weighted by atomic mass is 10.1. The van der Waals surface area contributed by atoms with Crippen molar-refractivity contribution in [3.8, 4) is 0 Å². The first-order valence-corrected chi connectivity index (χ1v) is 10.3. The van der Waals surface area contributed by atoms with Crippen molar-refractivity contribution >= 4 is 41.1 Å². The van der Waals surface area contributed by atoms with Crippen LogP contribution in [-0.4, -0.2) is 61.8 Å². The van der Waals surface area contributed by atoms with Crippen molar-refractivity contribution in [2.45, 2.75) is 37.4 Å². The zero-order valence-corrected chi connectivity index (χ0v) is 17.5. The molecule has 1 aromatic rings. The number of amides is 2. The minimum atomic E-state index is -1.07. The summed E-state index contributed by atoms with van der Waals surface area (Å²) in [6.07, 6.45) is 1.33. The summed E-state index contributed by atoms with van der Waals surface area (Å²) in [4.78, 5) is 47.4. The number of carboxylic acid groups (broad SMARTS) is 1. The molecule has 1 aromatic heterocycles. The lowest BCUT2D eigenvalue weighted by Crippen LogP contribution is -2.69. The molecule has 2 unspecified atom stereocenters. The van der Waals surface area contributed by atoms with Gasteiger partial charge in [-0.15, -0.1) is 11.8 Å².